The van der Waals surface area contributed by atoms with Crippen LogP contribution in [0.3, 0.4) is 0 Å². The van der Waals surface area contributed by atoms with E-state index in [2.05, 4.69) is 5.32 Å². The number of carboxylic acid groups (broad SMARTS) is 1. The van der Waals surface area contributed by atoms with Crippen LogP contribution in [0.25, 0.3) is 0 Å². The molecular weight excluding hydrogens is 356 g/mol. The fraction of sp³-hybridized carbons (Fsp3) is 0.579. The van der Waals surface area contributed by atoms with E-state index in [9.17, 15) is 14.7 Å². The minimum atomic E-state index is -0.700. The van der Waals surface area contributed by atoms with Crippen molar-refractivity contribution in [1.82, 2.24) is 10.2 Å². The summed E-state index contributed by atoms with van der Waals surface area (Å²) in [7, 11) is 1.66. The summed E-state index contributed by atoms with van der Waals surface area (Å²) >= 11 is 0. The zero-order chi connectivity index (χ0) is 17.9. The molecule has 0 radical (unpaired) electrons. The van der Waals surface area contributed by atoms with Gasteiger partial charge in [-0.3, -0.25) is 14.5 Å². The molecule has 1 amide bonds. The highest BCUT2D eigenvalue weighted by atomic mass is 35.5. The molecule has 1 saturated carbocycles. The third-order valence-electron chi connectivity index (χ3n) is 5.56. The maximum Gasteiger partial charge on any atom is 0.311 e. The van der Waals surface area contributed by atoms with Gasteiger partial charge in [0.15, 0.2) is 0 Å². The molecule has 1 heterocycles. The van der Waals surface area contributed by atoms with E-state index >= 15 is 0 Å². The first-order valence-electron chi connectivity index (χ1n) is 8.83. The summed E-state index contributed by atoms with van der Waals surface area (Å²) in [6, 6.07) is 7.94. The fourth-order valence-electron chi connectivity index (χ4n) is 4.24. The number of rotatable bonds is 7. The molecule has 2 atom stereocenters. The second-order valence-corrected chi connectivity index (χ2v) is 7.25. The molecule has 2 N–H and O–H groups in total. The smallest absolute Gasteiger partial charge is 0.311 e. The fourth-order valence-corrected chi connectivity index (χ4v) is 4.24. The van der Waals surface area contributed by atoms with Crippen molar-refractivity contribution in [2.75, 3.05) is 26.7 Å². The Hall–Kier alpha value is -1.63. The number of nitrogens with zero attached hydrogens (tertiary/aromatic N) is 1. The summed E-state index contributed by atoms with van der Waals surface area (Å²) in [6.45, 7) is 2.53. The largest absolute Gasteiger partial charge is 0.481 e. The number of halogens is 1. The summed E-state index contributed by atoms with van der Waals surface area (Å²) in [5, 5.41) is 12.5. The standard InChI is InChI=1S/C19H26N2O4.ClH/c1-25-12-15-6-4-14(5-7-15)9-20-17(22)11-21-10-16-3-2-8-19(16,13-21)18(23)24;/h4-7,16H,2-3,8-13H2,1H3,(H,20,22)(H,23,24);1H/t16-,19+;/m0./s1. The molecule has 0 bridgehead atoms. The van der Waals surface area contributed by atoms with Crippen LogP contribution in [-0.4, -0.2) is 48.6 Å². The van der Waals surface area contributed by atoms with Gasteiger partial charge in [-0.05, 0) is 29.9 Å². The predicted molar refractivity (Wildman–Crippen MR) is 100 cm³/mol. The number of hydrogen-bond acceptors (Lipinski definition) is 4. The maximum atomic E-state index is 12.2. The lowest BCUT2D eigenvalue weighted by Gasteiger charge is -2.23. The number of benzene rings is 1. The number of carboxylic acids is 1. The minimum Gasteiger partial charge on any atom is -0.481 e. The molecule has 2 fully saturated rings. The van der Waals surface area contributed by atoms with E-state index in [4.69, 9.17) is 4.74 Å². The van der Waals surface area contributed by atoms with E-state index < -0.39 is 11.4 Å². The molecule has 26 heavy (non-hydrogen) atoms. The van der Waals surface area contributed by atoms with Crippen molar-refractivity contribution in [3.63, 3.8) is 0 Å². The number of ether oxygens (including phenoxy) is 1. The molecule has 144 valence electrons. The molecular formula is C19H27ClN2O4. The number of carbonyl (C=O) groups is 2. The van der Waals surface area contributed by atoms with Crippen LogP contribution in [-0.2, 0) is 27.5 Å². The second kappa shape index (κ2) is 8.84. The lowest BCUT2D eigenvalue weighted by Crippen LogP contribution is -2.39. The van der Waals surface area contributed by atoms with E-state index in [0.717, 1.165) is 30.4 Å². The highest BCUT2D eigenvalue weighted by molar-refractivity contribution is 5.85. The van der Waals surface area contributed by atoms with Gasteiger partial charge >= 0.3 is 5.97 Å². The number of hydrogen-bond donors (Lipinski definition) is 2. The van der Waals surface area contributed by atoms with Crippen molar-refractivity contribution >= 4 is 24.3 Å². The van der Waals surface area contributed by atoms with Gasteiger partial charge in [0.1, 0.15) is 0 Å². The van der Waals surface area contributed by atoms with Crippen molar-refractivity contribution in [2.24, 2.45) is 11.3 Å². The van der Waals surface area contributed by atoms with Crippen LogP contribution in [0.1, 0.15) is 30.4 Å². The minimum absolute atomic E-state index is 0. The molecule has 2 aliphatic rings. The average Bonchev–Trinajstić information content (AvgIpc) is 3.12. The molecule has 3 rings (SSSR count). The molecule has 0 aromatic heterocycles. The molecule has 1 aromatic rings. The Balaban J connectivity index is 0.00000243. The van der Waals surface area contributed by atoms with Gasteiger partial charge < -0.3 is 15.2 Å². The Morgan fingerprint density at radius 2 is 2.00 bits per heavy atom. The Morgan fingerprint density at radius 3 is 2.62 bits per heavy atom. The van der Waals surface area contributed by atoms with Crippen LogP contribution in [0, 0.1) is 11.3 Å². The number of carbonyl (C=O) groups excluding carboxylic acids is 1. The zero-order valence-corrected chi connectivity index (χ0v) is 15.9. The first-order valence-corrected chi connectivity index (χ1v) is 8.83. The molecule has 0 unspecified atom stereocenters. The summed E-state index contributed by atoms with van der Waals surface area (Å²) in [6.07, 6.45) is 2.67. The Labute approximate surface area is 160 Å². The quantitative estimate of drug-likeness (QED) is 0.754. The Kier molecular flexibility index (Phi) is 7.03. The second-order valence-electron chi connectivity index (χ2n) is 7.25. The van der Waals surface area contributed by atoms with Crippen LogP contribution in [0.15, 0.2) is 24.3 Å². The van der Waals surface area contributed by atoms with Crippen LogP contribution >= 0.6 is 12.4 Å². The number of likely N-dealkylation sites (tertiary alicyclic amines) is 1. The molecule has 0 spiro atoms. The van der Waals surface area contributed by atoms with Crippen LogP contribution in [0.5, 0.6) is 0 Å². The normalized spacial score (nSPS) is 24.7. The van der Waals surface area contributed by atoms with Gasteiger partial charge in [0.05, 0.1) is 18.6 Å². The molecule has 7 heteroatoms. The molecule has 6 nitrogen and oxygen atoms in total. The van der Waals surface area contributed by atoms with Crippen molar-refractivity contribution in [1.29, 1.82) is 0 Å². The highest BCUT2D eigenvalue weighted by Gasteiger charge is 2.54. The van der Waals surface area contributed by atoms with E-state index in [1.54, 1.807) is 7.11 Å². The number of fused-ring (bicyclic) bond motifs is 1. The summed E-state index contributed by atoms with van der Waals surface area (Å²) in [5.74, 6) is -0.568. The Morgan fingerprint density at radius 1 is 1.31 bits per heavy atom. The maximum absolute atomic E-state index is 12.2. The molecule has 1 saturated heterocycles. The van der Waals surface area contributed by atoms with Gasteiger partial charge in [-0.1, -0.05) is 30.7 Å². The lowest BCUT2D eigenvalue weighted by atomic mass is 9.81. The molecule has 1 aliphatic carbocycles. The van der Waals surface area contributed by atoms with E-state index in [-0.39, 0.29) is 30.8 Å². The van der Waals surface area contributed by atoms with Crippen LogP contribution in [0.4, 0.5) is 0 Å². The van der Waals surface area contributed by atoms with E-state index in [1.807, 2.05) is 29.2 Å². The van der Waals surface area contributed by atoms with Gasteiger partial charge in [-0.15, -0.1) is 12.4 Å². The van der Waals surface area contributed by atoms with Crippen molar-refractivity contribution in [3.8, 4) is 0 Å². The van der Waals surface area contributed by atoms with Gasteiger partial charge in [0, 0.05) is 26.7 Å². The summed E-state index contributed by atoms with van der Waals surface area (Å²) < 4.78 is 5.08. The van der Waals surface area contributed by atoms with Gasteiger partial charge in [-0.2, -0.15) is 0 Å². The van der Waals surface area contributed by atoms with Crippen LogP contribution < -0.4 is 5.32 Å². The lowest BCUT2D eigenvalue weighted by molar-refractivity contribution is -0.149. The highest BCUT2D eigenvalue weighted by Crippen LogP contribution is 2.48. The first-order chi connectivity index (χ1) is 12.0. The van der Waals surface area contributed by atoms with Gasteiger partial charge in [0.2, 0.25) is 5.91 Å². The number of amides is 1. The number of nitrogens with one attached hydrogen (secondary N) is 1. The predicted octanol–water partition coefficient (Wildman–Crippen LogP) is 2.06. The van der Waals surface area contributed by atoms with Crippen LogP contribution in [0.2, 0.25) is 0 Å². The monoisotopic (exact) mass is 382 g/mol. The van der Waals surface area contributed by atoms with Crippen molar-refractivity contribution in [3.05, 3.63) is 35.4 Å². The summed E-state index contributed by atoms with van der Waals surface area (Å²) in [4.78, 5) is 25.9. The van der Waals surface area contributed by atoms with Gasteiger partial charge in [-0.25, -0.2) is 0 Å². The average molecular weight is 383 g/mol. The van der Waals surface area contributed by atoms with Crippen molar-refractivity contribution < 1.29 is 19.4 Å². The van der Waals surface area contributed by atoms with Crippen molar-refractivity contribution in [2.45, 2.75) is 32.4 Å². The van der Waals surface area contributed by atoms with E-state index in [1.165, 1.54) is 0 Å². The van der Waals surface area contributed by atoms with E-state index in [0.29, 0.717) is 26.2 Å². The number of methoxy groups -OCH3 is 1. The zero-order valence-electron chi connectivity index (χ0n) is 15.1. The molecule has 1 aliphatic heterocycles. The third-order valence-corrected chi connectivity index (χ3v) is 5.56. The summed E-state index contributed by atoms with van der Waals surface area (Å²) in [5.41, 5.74) is 1.51. The first kappa shape index (κ1) is 20.7. The number of aliphatic carboxylic acids is 1. The molecule has 1 aromatic carbocycles. The van der Waals surface area contributed by atoms with Gasteiger partial charge in [0.25, 0.3) is 0 Å². The topological polar surface area (TPSA) is 78.9 Å². The Bertz CT molecular complexity index is 637. The SMILES string of the molecule is COCc1ccc(CNC(=O)CN2C[C@@H]3CCC[C@@]3(C(=O)O)C2)cc1.Cl. The third kappa shape index (κ3) is 4.37.